The summed E-state index contributed by atoms with van der Waals surface area (Å²) in [5, 5.41) is 2.90. The number of hydrogen-bond donors (Lipinski definition) is 2. The van der Waals surface area contributed by atoms with Gasteiger partial charge in [-0.3, -0.25) is 4.79 Å². The summed E-state index contributed by atoms with van der Waals surface area (Å²) in [6.45, 7) is 6.62. The molecule has 0 unspecified atom stereocenters. The Morgan fingerprint density at radius 2 is 1.86 bits per heavy atom. The maximum Gasteiger partial charge on any atom is 0.251 e. The van der Waals surface area contributed by atoms with Crippen molar-refractivity contribution in [2.45, 2.75) is 32.7 Å². The Bertz CT molecular complexity index is 630. The minimum Gasteiger partial charge on any atom is -0.384 e. The normalized spacial score (nSPS) is 11.2. The van der Waals surface area contributed by atoms with Gasteiger partial charge in [0, 0.05) is 23.2 Å². The summed E-state index contributed by atoms with van der Waals surface area (Å²) in [7, 11) is 0. The van der Waals surface area contributed by atoms with Crippen molar-refractivity contribution in [3.63, 3.8) is 0 Å². The number of carbonyl (C=O) groups is 1. The predicted molar refractivity (Wildman–Crippen MR) is 85.0 cm³/mol. The van der Waals surface area contributed by atoms with E-state index < -0.39 is 0 Å². The highest BCUT2D eigenvalue weighted by atomic mass is 16.1. The van der Waals surface area contributed by atoms with Crippen LogP contribution in [0.5, 0.6) is 0 Å². The van der Waals surface area contributed by atoms with Crippen LogP contribution in [0.3, 0.4) is 0 Å². The number of hydrogen-bond acceptors (Lipinski definition) is 3. The molecule has 0 aliphatic carbocycles. The maximum absolute atomic E-state index is 12.3. The molecule has 1 heterocycles. The fourth-order valence-electron chi connectivity index (χ4n) is 1.95. The van der Waals surface area contributed by atoms with Crippen molar-refractivity contribution in [2.24, 2.45) is 0 Å². The van der Waals surface area contributed by atoms with E-state index in [1.54, 1.807) is 12.1 Å². The van der Waals surface area contributed by atoms with E-state index in [0.29, 0.717) is 17.9 Å². The highest BCUT2D eigenvalue weighted by Crippen LogP contribution is 2.22. The number of rotatable bonds is 3. The summed E-state index contributed by atoms with van der Waals surface area (Å²) in [6, 6.07) is 13.2. The van der Waals surface area contributed by atoms with Gasteiger partial charge in [-0.1, -0.05) is 51.1 Å². The van der Waals surface area contributed by atoms with Gasteiger partial charge in [-0.25, -0.2) is 4.98 Å². The second kappa shape index (κ2) is 5.95. The first kappa shape index (κ1) is 15.0. The van der Waals surface area contributed by atoms with Gasteiger partial charge < -0.3 is 11.1 Å². The molecule has 21 heavy (non-hydrogen) atoms. The van der Waals surface area contributed by atoms with Gasteiger partial charge in [0.25, 0.3) is 5.91 Å². The molecule has 0 aliphatic heterocycles. The van der Waals surface area contributed by atoms with Crippen molar-refractivity contribution in [1.29, 1.82) is 0 Å². The fourth-order valence-corrected chi connectivity index (χ4v) is 1.95. The Kier molecular flexibility index (Phi) is 4.26. The van der Waals surface area contributed by atoms with Crippen LogP contribution < -0.4 is 11.1 Å². The molecule has 0 spiro atoms. The number of nitrogens with two attached hydrogens (primary N) is 1. The number of benzene rings is 1. The van der Waals surface area contributed by atoms with Gasteiger partial charge in [0.1, 0.15) is 5.82 Å². The highest BCUT2D eigenvalue weighted by molar-refractivity contribution is 5.94. The molecule has 110 valence electrons. The van der Waals surface area contributed by atoms with Crippen LogP contribution >= 0.6 is 0 Å². The number of carbonyl (C=O) groups excluding carboxylic acids is 1. The quantitative estimate of drug-likeness (QED) is 0.910. The zero-order valence-electron chi connectivity index (χ0n) is 12.7. The molecule has 0 atom stereocenters. The monoisotopic (exact) mass is 283 g/mol. The van der Waals surface area contributed by atoms with Gasteiger partial charge >= 0.3 is 0 Å². The lowest BCUT2D eigenvalue weighted by molar-refractivity contribution is 0.0950. The first-order chi connectivity index (χ1) is 9.86. The van der Waals surface area contributed by atoms with Crippen molar-refractivity contribution >= 4 is 11.7 Å². The minimum atomic E-state index is -0.149. The van der Waals surface area contributed by atoms with Crippen LogP contribution in [-0.2, 0) is 12.0 Å². The molecule has 0 saturated heterocycles. The molecular weight excluding hydrogens is 262 g/mol. The van der Waals surface area contributed by atoms with Crippen molar-refractivity contribution in [2.75, 3.05) is 5.73 Å². The summed E-state index contributed by atoms with van der Waals surface area (Å²) >= 11 is 0. The summed E-state index contributed by atoms with van der Waals surface area (Å²) in [5.41, 5.74) is 8.08. The average Bonchev–Trinajstić information content (AvgIpc) is 2.44. The minimum absolute atomic E-state index is 0.140. The van der Waals surface area contributed by atoms with E-state index in [4.69, 9.17) is 5.73 Å². The zero-order chi connectivity index (χ0) is 15.5. The number of nitrogens with one attached hydrogen (secondary N) is 1. The number of anilines is 1. The van der Waals surface area contributed by atoms with E-state index in [-0.39, 0.29) is 11.3 Å². The lowest BCUT2D eigenvalue weighted by Crippen LogP contribution is -2.24. The third-order valence-corrected chi connectivity index (χ3v) is 3.17. The molecule has 1 aromatic heterocycles. The number of nitrogens with zero attached hydrogens (tertiary/aromatic N) is 1. The number of amides is 1. The van der Waals surface area contributed by atoms with E-state index in [0.717, 1.165) is 11.3 Å². The van der Waals surface area contributed by atoms with Gasteiger partial charge in [-0.05, 0) is 17.7 Å². The van der Waals surface area contributed by atoms with Gasteiger partial charge in [-0.15, -0.1) is 0 Å². The van der Waals surface area contributed by atoms with Gasteiger partial charge in [0.2, 0.25) is 0 Å². The maximum atomic E-state index is 12.3. The van der Waals surface area contributed by atoms with Gasteiger partial charge in [0.15, 0.2) is 0 Å². The molecule has 0 bridgehead atoms. The third kappa shape index (κ3) is 4.05. The summed E-state index contributed by atoms with van der Waals surface area (Å²) < 4.78 is 0. The van der Waals surface area contributed by atoms with E-state index in [1.165, 1.54) is 0 Å². The van der Waals surface area contributed by atoms with Crippen LogP contribution in [0.15, 0.2) is 42.5 Å². The Hall–Kier alpha value is -2.36. The van der Waals surface area contributed by atoms with E-state index >= 15 is 0 Å². The third-order valence-electron chi connectivity index (χ3n) is 3.17. The molecule has 0 saturated carbocycles. The van der Waals surface area contributed by atoms with E-state index in [2.05, 4.69) is 10.3 Å². The summed E-state index contributed by atoms with van der Waals surface area (Å²) in [6.07, 6.45) is 0. The van der Waals surface area contributed by atoms with E-state index in [9.17, 15) is 4.79 Å². The Morgan fingerprint density at radius 3 is 2.48 bits per heavy atom. The molecule has 0 aliphatic rings. The molecule has 0 fully saturated rings. The Labute approximate surface area is 125 Å². The van der Waals surface area contributed by atoms with Crippen LogP contribution in [0.4, 0.5) is 5.82 Å². The second-order valence-electron chi connectivity index (χ2n) is 6.08. The number of pyridine rings is 1. The summed E-state index contributed by atoms with van der Waals surface area (Å²) in [5.74, 6) is 0.228. The molecule has 1 amide bonds. The molecule has 2 aromatic rings. The summed E-state index contributed by atoms with van der Waals surface area (Å²) in [4.78, 5) is 16.6. The van der Waals surface area contributed by atoms with E-state index in [1.807, 2.05) is 51.1 Å². The van der Waals surface area contributed by atoms with Crippen LogP contribution in [0.25, 0.3) is 0 Å². The molecule has 3 N–H and O–H groups in total. The molecule has 2 rings (SSSR count). The van der Waals surface area contributed by atoms with Crippen molar-refractivity contribution in [3.05, 3.63) is 59.3 Å². The van der Waals surface area contributed by atoms with Crippen molar-refractivity contribution < 1.29 is 4.79 Å². The van der Waals surface area contributed by atoms with Crippen LogP contribution in [0.2, 0.25) is 0 Å². The smallest absolute Gasteiger partial charge is 0.251 e. The fraction of sp³-hybridized carbons (Fsp3) is 0.294. The first-order valence-corrected chi connectivity index (χ1v) is 6.96. The standard InChI is InChI=1S/C17H21N3O/c1-17(2,3)14-9-13(10-15(18)20-14)16(21)19-11-12-7-5-4-6-8-12/h4-10H,11H2,1-3H3,(H2,18,20)(H,19,21). The topological polar surface area (TPSA) is 68.0 Å². The van der Waals surface area contributed by atoms with Crippen molar-refractivity contribution in [3.8, 4) is 0 Å². The zero-order valence-corrected chi connectivity index (χ0v) is 12.7. The number of aromatic nitrogens is 1. The van der Waals surface area contributed by atoms with Crippen LogP contribution in [-0.4, -0.2) is 10.9 Å². The van der Waals surface area contributed by atoms with Gasteiger partial charge in [0.05, 0.1) is 0 Å². The van der Waals surface area contributed by atoms with Crippen LogP contribution in [0, 0.1) is 0 Å². The highest BCUT2D eigenvalue weighted by Gasteiger charge is 2.18. The number of nitrogen functional groups attached to an aromatic ring is 1. The lowest BCUT2D eigenvalue weighted by atomic mass is 9.90. The van der Waals surface area contributed by atoms with Crippen LogP contribution in [0.1, 0.15) is 42.4 Å². The Balaban J connectivity index is 2.14. The first-order valence-electron chi connectivity index (χ1n) is 6.96. The molecule has 0 radical (unpaired) electrons. The van der Waals surface area contributed by atoms with Crippen molar-refractivity contribution in [1.82, 2.24) is 10.3 Å². The molecule has 4 heteroatoms. The lowest BCUT2D eigenvalue weighted by Gasteiger charge is -2.19. The predicted octanol–water partition coefficient (Wildman–Crippen LogP) is 2.89. The average molecular weight is 283 g/mol. The van der Waals surface area contributed by atoms with Gasteiger partial charge in [-0.2, -0.15) is 0 Å². The Morgan fingerprint density at radius 1 is 1.19 bits per heavy atom. The molecule has 1 aromatic carbocycles. The second-order valence-corrected chi connectivity index (χ2v) is 6.08. The largest absolute Gasteiger partial charge is 0.384 e. The SMILES string of the molecule is CC(C)(C)c1cc(C(=O)NCc2ccccc2)cc(N)n1. The molecule has 4 nitrogen and oxygen atoms in total. The molecular formula is C17H21N3O.